The van der Waals surface area contributed by atoms with Crippen LogP contribution >= 0.6 is 0 Å². The molecule has 0 spiro atoms. The summed E-state index contributed by atoms with van der Waals surface area (Å²) in [6.07, 6.45) is 3.52. The van der Waals surface area contributed by atoms with Crippen LogP contribution in [0.15, 0.2) is 24.5 Å². The molecule has 0 bridgehead atoms. The number of likely N-dealkylation sites (N-methyl/N-ethyl adjacent to an activating group) is 1. The van der Waals surface area contributed by atoms with E-state index in [0.717, 1.165) is 12.1 Å². The molecule has 1 heterocycles. The van der Waals surface area contributed by atoms with Gasteiger partial charge in [-0.2, -0.15) is 0 Å². The summed E-state index contributed by atoms with van der Waals surface area (Å²) in [6.45, 7) is 5.98. The molecule has 1 aromatic heterocycles. The highest BCUT2D eigenvalue weighted by molar-refractivity contribution is 5.81. The zero-order valence-corrected chi connectivity index (χ0v) is 12.9. The number of nitrogens with zero attached hydrogens (tertiary/aromatic N) is 3. The Morgan fingerprint density at radius 3 is 2.55 bits per heavy atom. The van der Waals surface area contributed by atoms with Crippen molar-refractivity contribution in [3.63, 3.8) is 0 Å². The van der Waals surface area contributed by atoms with Crippen molar-refractivity contribution in [1.82, 2.24) is 14.8 Å². The highest BCUT2D eigenvalue weighted by Crippen LogP contribution is 2.08. The monoisotopic (exact) mass is 278 g/mol. The zero-order valence-electron chi connectivity index (χ0n) is 12.9. The Labute approximate surface area is 121 Å². The lowest BCUT2D eigenvalue weighted by molar-refractivity contribution is -0.134. The second kappa shape index (κ2) is 7.97. The Balaban J connectivity index is 2.76. The van der Waals surface area contributed by atoms with E-state index in [1.807, 2.05) is 45.0 Å². The second-order valence-corrected chi connectivity index (χ2v) is 5.69. The van der Waals surface area contributed by atoms with Crippen molar-refractivity contribution < 1.29 is 4.79 Å². The van der Waals surface area contributed by atoms with Crippen molar-refractivity contribution in [3.8, 4) is 0 Å². The van der Waals surface area contributed by atoms with Gasteiger partial charge in [0.2, 0.25) is 5.91 Å². The number of carbonyl (C=O) groups is 1. The number of aromatic nitrogens is 1. The van der Waals surface area contributed by atoms with Crippen LogP contribution in [0, 0.1) is 5.92 Å². The smallest absolute Gasteiger partial charge is 0.240 e. The number of nitrogens with two attached hydrogens (primary N) is 1. The summed E-state index contributed by atoms with van der Waals surface area (Å²) >= 11 is 0. The van der Waals surface area contributed by atoms with Crippen molar-refractivity contribution in [3.05, 3.63) is 30.1 Å². The molecule has 0 aromatic carbocycles. The fourth-order valence-corrected chi connectivity index (χ4v) is 1.80. The van der Waals surface area contributed by atoms with Crippen LogP contribution in [0.4, 0.5) is 0 Å². The van der Waals surface area contributed by atoms with Gasteiger partial charge in [0.1, 0.15) is 0 Å². The lowest BCUT2D eigenvalue weighted by atomic mass is 10.0. The molecule has 0 saturated heterocycles. The van der Waals surface area contributed by atoms with Gasteiger partial charge in [-0.3, -0.25) is 9.78 Å². The Morgan fingerprint density at radius 1 is 1.35 bits per heavy atom. The van der Waals surface area contributed by atoms with E-state index in [1.165, 1.54) is 0 Å². The van der Waals surface area contributed by atoms with Gasteiger partial charge in [-0.25, -0.2) is 0 Å². The molecule has 0 aliphatic rings. The Morgan fingerprint density at radius 2 is 2.05 bits per heavy atom. The standard InChI is InChI=1S/C15H26N4O/c1-12(2)14(16)15(20)19(9-8-18(3)4)11-13-6-5-7-17-10-13/h5-7,10,12,14H,8-9,11,16H2,1-4H3. The van der Waals surface area contributed by atoms with E-state index in [1.54, 1.807) is 12.4 Å². The average molecular weight is 278 g/mol. The molecule has 5 heteroatoms. The van der Waals surface area contributed by atoms with Crippen molar-refractivity contribution in [2.75, 3.05) is 27.2 Å². The van der Waals surface area contributed by atoms with E-state index < -0.39 is 6.04 Å². The molecule has 0 saturated carbocycles. The van der Waals surface area contributed by atoms with E-state index >= 15 is 0 Å². The molecule has 1 aromatic rings. The SMILES string of the molecule is CC(C)C(N)C(=O)N(CCN(C)C)Cc1cccnc1. The summed E-state index contributed by atoms with van der Waals surface area (Å²) < 4.78 is 0. The van der Waals surface area contributed by atoms with Crippen LogP contribution in [0.2, 0.25) is 0 Å². The summed E-state index contributed by atoms with van der Waals surface area (Å²) in [4.78, 5) is 20.4. The third-order valence-corrected chi connectivity index (χ3v) is 3.23. The minimum Gasteiger partial charge on any atom is -0.336 e. The van der Waals surface area contributed by atoms with Gasteiger partial charge in [0.25, 0.3) is 0 Å². The van der Waals surface area contributed by atoms with Crippen molar-refractivity contribution in [2.45, 2.75) is 26.4 Å². The molecule has 112 valence electrons. The number of rotatable bonds is 7. The van der Waals surface area contributed by atoms with E-state index in [-0.39, 0.29) is 11.8 Å². The minimum atomic E-state index is -0.450. The van der Waals surface area contributed by atoms with Gasteiger partial charge in [0.15, 0.2) is 0 Å². The molecule has 2 N–H and O–H groups in total. The van der Waals surface area contributed by atoms with Crippen LogP contribution in [0.3, 0.4) is 0 Å². The van der Waals surface area contributed by atoms with Gasteiger partial charge < -0.3 is 15.5 Å². The number of hydrogen-bond donors (Lipinski definition) is 1. The Kier molecular flexibility index (Phi) is 6.61. The lowest BCUT2D eigenvalue weighted by Crippen LogP contribution is -2.48. The van der Waals surface area contributed by atoms with Crippen molar-refractivity contribution in [2.24, 2.45) is 11.7 Å². The zero-order chi connectivity index (χ0) is 15.1. The highest BCUT2D eigenvalue weighted by Gasteiger charge is 2.23. The highest BCUT2D eigenvalue weighted by atomic mass is 16.2. The van der Waals surface area contributed by atoms with E-state index in [4.69, 9.17) is 5.73 Å². The van der Waals surface area contributed by atoms with Crippen LogP contribution < -0.4 is 5.73 Å². The molecule has 1 atom stereocenters. The Hall–Kier alpha value is -1.46. The quantitative estimate of drug-likeness (QED) is 0.807. The van der Waals surface area contributed by atoms with Gasteiger partial charge in [0, 0.05) is 32.0 Å². The second-order valence-electron chi connectivity index (χ2n) is 5.69. The molecule has 5 nitrogen and oxygen atoms in total. The molecular formula is C15H26N4O. The molecule has 0 aliphatic heterocycles. The largest absolute Gasteiger partial charge is 0.336 e. The van der Waals surface area contributed by atoms with Crippen LogP contribution in [0.5, 0.6) is 0 Å². The summed E-state index contributed by atoms with van der Waals surface area (Å²) in [5.74, 6) is 0.143. The third-order valence-electron chi connectivity index (χ3n) is 3.23. The lowest BCUT2D eigenvalue weighted by Gasteiger charge is -2.28. The first-order valence-corrected chi connectivity index (χ1v) is 6.99. The molecular weight excluding hydrogens is 252 g/mol. The fourth-order valence-electron chi connectivity index (χ4n) is 1.80. The summed E-state index contributed by atoms with van der Waals surface area (Å²) in [6, 6.07) is 3.41. The van der Waals surface area contributed by atoms with Crippen molar-refractivity contribution in [1.29, 1.82) is 0 Å². The average Bonchev–Trinajstić information content (AvgIpc) is 2.42. The first-order valence-electron chi connectivity index (χ1n) is 6.99. The fraction of sp³-hybridized carbons (Fsp3) is 0.600. The first-order chi connectivity index (χ1) is 9.41. The number of pyridine rings is 1. The predicted octanol–water partition coefficient (Wildman–Crippen LogP) is 0.955. The third kappa shape index (κ3) is 5.27. The Bertz CT molecular complexity index is 406. The van der Waals surface area contributed by atoms with Crippen molar-refractivity contribution >= 4 is 5.91 Å². The maximum Gasteiger partial charge on any atom is 0.240 e. The summed E-state index contributed by atoms with van der Waals surface area (Å²) in [5.41, 5.74) is 7.02. The molecule has 1 rings (SSSR count). The van der Waals surface area contributed by atoms with E-state index in [0.29, 0.717) is 13.1 Å². The van der Waals surface area contributed by atoms with Gasteiger partial charge in [-0.05, 0) is 31.6 Å². The summed E-state index contributed by atoms with van der Waals surface area (Å²) in [5, 5.41) is 0. The normalized spacial score (nSPS) is 12.8. The van der Waals surface area contributed by atoms with Crippen LogP contribution in [-0.2, 0) is 11.3 Å². The van der Waals surface area contributed by atoms with Gasteiger partial charge in [-0.15, -0.1) is 0 Å². The van der Waals surface area contributed by atoms with Crippen LogP contribution in [0.1, 0.15) is 19.4 Å². The minimum absolute atomic E-state index is 0.00528. The summed E-state index contributed by atoms with van der Waals surface area (Å²) in [7, 11) is 3.99. The first kappa shape index (κ1) is 16.6. The number of hydrogen-bond acceptors (Lipinski definition) is 4. The predicted molar refractivity (Wildman–Crippen MR) is 81.0 cm³/mol. The molecule has 0 aliphatic carbocycles. The maximum absolute atomic E-state index is 12.5. The van der Waals surface area contributed by atoms with Gasteiger partial charge in [-0.1, -0.05) is 19.9 Å². The number of carbonyl (C=O) groups excluding carboxylic acids is 1. The van der Waals surface area contributed by atoms with Crippen LogP contribution in [0.25, 0.3) is 0 Å². The van der Waals surface area contributed by atoms with E-state index in [9.17, 15) is 4.79 Å². The van der Waals surface area contributed by atoms with E-state index in [2.05, 4.69) is 9.88 Å². The topological polar surface area (TPSA) is 62.5 Å². The van der Waals surface area contributed by atoms with Gasteiger partial charge >= 0.3 is 0 Å². The molecule has 1 unspecified atom stereocenters. The molecule has 1 amide bonds. The van der Waals surface area contributed by atoms with Crippen LogP contribution in [-0.4, -0.2) is 53.9 Å². The maximum atomic E-state index is 12.5. The van der Waals surface area contributed by atoms with Gasteiger partial charge in [0.05, 0.1) is 6.04 Å². The molecule has 0 radical (unpaired) electrons. The molecule has 0 fully saturated rings. The molecule has 20 heavy (non-hydrogen) atoms. The number of amides is 1.